The third-order valence-electron chi connectivity index (χ3n) is 8.50. The van der Waals surface area contributed by atoms with Crippen LogP contribution in [0.2, 0.25) is 0 Å². The Morgan fingerprint density at radius 1 is 1.03 bits per heavy atom. The number of rotatable bonds is 7. The van der Waals surface area contributed by atoms with Gasteiger partial charge in [-0.1, -0.05) is 30.3 Å². The topological polar surface area (TPSA) is 95.9 Å². The maximum atomic E-state index is 14.8. The van der Waals surface area contributed by atoms with Crippen LogP contribution in [-0.4, -0.2) is 63.9 Å². The molecule has 0 spiro atoms. The summed E-state index contributed by atoms with van der Waals surface area (Å²) in [6.07, 6.45) is 1.39. The molecule has 1 aliphatic heterocycles. The van der Waals surface area contributed by atoms with Gasteiger partial charge in [0.1, 0.15) is 24.4 Å². The van der Waals surface area contributed by atoms with Gasteiger partial charge in [0, 0.05) is 13.0 Å². The third-order valence-corrected chi connectivity index (χ3v) is 8.50. The number of nitrogens with zero attached hydrogens (tertiary/aromatic N) is 1. The number of ether oxygens (including phenoxy) is 1. The number of benzene rings is 1. The van der Waals surface area contributed by atoms with Gasteiger partial charge in [-0.15, -0.1) is 0 Å². The van der Waals surface area contributed by atoms with E-state index in [0.29, 0.717) is 38.5 Å². The van der Waals surface area contributed by atoms with E-state index < -0.39 is 52.7 Å². The number of β-amino-alcohol motifs (C(OH)–C–C–N with tert-alkyl or cyclic N) is 1. The van der Waals surface area contributed by atoms with Gasteiger partial charge in [0.05, 0.1) is 6.10 Å². The van der Waals surface area contributed by atoms with Crippen molar-refractivity contribution in [3.63, 3.8) is 0 Å². The standard InChI is InChI=1S/C26H32F2N2O5/c27-25-9-6-24(7-10-25,8-11-25)20(29-23(34)26(28)12-13-26)21(32)30-15-18(31)14-19(30)22(33)35-16-17-4-2-1-3-5-17/h1-5,18-20,31H,6-16H2,(H,29,34)/t18-,19+,20?,24?,25?/m1/s1. The SMILES string of the molecule is O=C(OCc1ccccc1)[C@@H]1C[C@@H](O)CN1C(=O)C(NC(=O)C1(F)CC1)C12CCC(F)(CC1)CC2. The fourth-order valence-corrected chi connectivity index (χ4v) is 5.95. The van der Waals surface area contributed by atoms with Crippen LogP contribution in [0.1, 0.15) is 63.4 Å². The quantitative estimate of drug-likeness (QED) is 0.573. The number of nitrogens with one attached hydrogen (secondary N) is 1. The fraction of sp³-hybridized carbons (Fsp3) is 0.654. The van der Waals surface area contributed by atoms with Gasteiger partial charge in [0.15, 0.2) is 5.67 Å². The lowest BCUT2D eigenvalue weighted by molar-refractivity contribution is -0.158. The van der Waals surface area contributed by atoms with Crippen LogP contribution in [0.15, 0.2) is 30.3 Å². The molecule has 2 N–H and O–H groups in total. The maximum absolute atomic E-state index is 14.8. The molecule has 190 valence electrons. The van der Waals surface area contributed by atoms with E-state index in [1.54, 1.807) is 0 Å². The average Bonchev–Trinajstić information content (AvgIpc) is 3.50. The molecule has 35 heavy (non-hydrogen) atoms. The summed E-state index contributed by atoms with van der Waals surface area (Å²) in [5.41, 5.74) is -3.12. The largest absolute Gasteiger partial charge is 0.459 e. The fourth-order valence-electron chi connectivity index (χ4n) is 5.95. The Bertz CT molecular complexity index is 974. The highest BCUT2D eigenvalue weighted by atomic mass is 19.1. The second-order valence-electron chi connectivity index (χ2n) is 10.9. The molecular weight excluding hydrogens is 458 g/mol. The smallest absolute Gasteiger partial charge is 0.329 e. The number of halogens is 2. The van der Waals surface area contributed by atoms with Crippen molar-refractivity contribution < 1.29 is 33.0 Å². The average molecular weight is 491 g/mol. The number of esters is 1. The molecule has 1 aromatic carbocycles. The van der Waals surface area contributed by atoms with Crippen molar-refractivity contribution in [1.29, 1.82) is 0 Å². The van der Waals surface area contributed by atoms with E-state index in [4.69, 9.17) is 4.74 Å². The van der Waals surface area contributed by atoms with Gasteiger partial charge in [0.2, 0.25) is 5.91 Å². The molecule has 0 aromatic heterocycles. The highest BCUT2D eigenvalue weighted by Gasteiger charge is 2.59. The summed E-state index contributed by atoms with van der Waals surface area (Å²) >= 11 is 0. The number of alkyl halides is 2. The monoisotopic (exact) mass is 490 g/mol. The molecule has 2 bridgehead atoms. The lowest BCUT2D eigenvalue weighted by Gasteiger charge is -2.53. The summed E-state index contributed by atoms with van der Waals surface area (Å²) in [6, 6.07) is 7.02. The van der Waals surface area contributed by atoms with Crippen molar-refractivity contribution in [2.45, 2.75) is 93.9 Å². The van der Waals surface area contributed by atoms with Gasteiger partial charge < -0.3 is 20.1 Å². The maximum Gasteiger partial charge on any atom is 0.329 e. The van der Waals surface area contributed by atoms with Crippen LogP contribution in [0.3, 0.4) is 0 Å². The van der Waals surface area contributed by atoms with Crippen LogP contribution in [0.5, 0.6) is 0 Å². The first-order valence-electron chi connectivity index (χ1n) is 12.5. The molecule has 4 aliphatic carbocycles. The minimum atomic E-state index is -1.97. The zero-order valence-corrected chi connectivity index (χ0v) is 19.7. The van der Waals surface area contributed by atoms with Gasteiger partial charge in [-0.2, -0.15) is 0 Å². The number of fused-ring (bicyclic) bond motifs is 3. The number of amides is 2. The van der Waals surface area contributed by atoms with Gasteiger partial charge in [-0.3, -0.25) is 9.59 Å². The lowest BCUT2D eigenvalue weighted by Crippen LogP contribution is -2.63. The summed E-state index contributed by atoms with van der Waals surface area (Å²) in [5, 5.41) is 13.0. The van der Waals surface area contributed by atoms with E-state index in [9.17, 15) is 28.3 Å². The second-order valence-corrected chi connectivity index (χ2v) is 10.9. The first kappa shape index (κ1) is 24.2. The summed E-state index contributed by atoms with van der Waals surface area (Å²) in [4.78, 5) is 40.8. The Morgan fingerprint density at radius 2 is 1.66 bits per heavy atom. The normalized spacial score (nSPS) is 33.7. The zero-order valence-electron chi connectivity index (χ0n) is 19.7. The summed E-state index contributed by atoms with van der Waals surface area (Å²) < 4.78 is 34.9. The van der Waals surface area contributed by atoms with Crippen molar-refractivity contribution >= 4 is 17.8 Å². The second kappa shape index (κ2) is 8.84. The Morgan fingerprint density at radius 3 is 2.26 bits per heavy atom. The highest BCUT2D eigenvalue weighted by Crippen LogP contribution is 2.56. The molecule has 2 amide bonds. The molecule has 7 nitrogen and oxygen atoms in total. The van der Waals surface area contributed by atoms with E-state index in [0.717, 1.165) is 5.56 Å². The highest BCUT2D eigenvalue weighted by molar-refractivity contribution is 5.95. The molecule has 5 fully saturated rings. The number of aliphatic hydroxyl groups is 1. The number of carbonyl (C=O) groups excluding carboxylic acids is 3. The van der Waals surface area contributed by atoms with Gasteiger partial charge in [-0.25, -0.2) is 13.6 Å². The summed E-state index contributed by atoms with van der Waals surface area (Å²) in [7, 11) is 0. The summed E-state index contributed by atoms with van der Waals surface area (Å²) in [5.74, 6) is -1.99. The van der Waals surface area contributed by atoms with Crippen LogP contribution in [0.25, 0.3) is 0 Å². The Hall–Kier alpha value is -2.55. The molecule has 1 unspecified atom stereocenters. The number of hydrogen-bond donors (Lipinski definition) is 2. The van der Waals surface area contributed by atoms with Crippen molar-refractivity contribution in [2.75, 3.05) is 6.54 Å². The van der Waals surface area contributed by atoms with Gasteiger partial charge >= 0.3 is 5.97 Å². The first-order valence-corrected chi connectivity index (χ1v) is 12.5. The van der Waals surface area contributed by atoms with Crippen molar-refractivity contribution in [3.05, 3.63) is 35.9 Å². The Kier molecular flexibility index (Phi) is 6.10. The van der Waals surface area contributed by atoms with Crippen LogP contribution < -0.4 is 5.32 Å². The van der Waals surface area contributed by atoms with Crippen LogP contribution in [-0.2, 0) is 25.7 Å². The van der Waals surface area contributed by atoms with Gasteiger partial charge in [-0.05, 0) is 62.3 Å². The van der Waals surface area contributed by atoms with Gasteiger partial charge in [0.25, 0.3) is 5.91 Å². The molecule has 3 atom stereocenters. The van der Waals surface area contributed by atoms with Crippen molar-refractivity contribution in [2.24, 2.45) is 5.41 Å². The van der Waals surface area contributed by atoms with Crippen molar-refractivity contribution in [3.8, 4) is 0 Å². The third kappa shape index (κ3) is 4.67. The van der Waals surface area contributed by atoms with E-state index in [1.165, 1.54) is 4.90 Å². The number of likely N-dealkylation sites (tertiary alicyclic amines) is 1. The van der Waals surface area contributed by atoms with E-state index in [1.807, 2.05) is 30.3 Å². The lowest BCUT2D eigenvalue weighted by atomic mass is 9.56. The van der Waals surface area contributed by atoms with Crippen LogP contribution >= 0.6 is 0 Å². The van der Waals surface area contributed by atoms with Crippen molar-refractivity contribution in [1.82, 2.24) is 10.2 Å². The minimum absolute atomic E-state index is 0.0215. The number of aliphatic hydroxyl groups excluding tert-OH is 1. The summed E-state index contributed by atoms with van der Waals surface area (Å²) in [6.45, 7) is -0.0540. The molecule has 1 saturated heterocycles. The molecule has 6 rings (SSSR count). The molecule has 1 aromatic rings. The number of hydrogen-bond acceptors (Lipinski definition) is 5. The first-order chi connectivity index (χ1) is 16.6. The van der Waals surface area contributed by atoms with E-state index >= 15 is 0 Å². The predicted octanol–water partition coefficient (Wildman–Crippen LogP) is 2.74. The minimum Gasteiger partial charge on any atom is -0.459 e. The molecule has 1 heterocycles. The Balaban J connectivity index is 1.36. The van der Waals surface area contributed by atoms with Crippen LogP contribution in [0.4, 0.5) is 8.78 Å². The number of carbonyl (C=O) groups is 3. The van der Waals surface area contributed by atoms with E-state index in [-0.39, 0.29) is 32.4 Å². The van der Waals surface area contributed by atoms with Crippen LogP contribution in [0, 0.1) is 5.41 Å². The van der Waals surface area contributed by atoms with E-state index in [2.05, 4.69) is 5.32 Å². The molecule has 5 aliphatic rings. The molecular formula is C26H32F2N2O5. The molecule has 9 heteroatoms. The predicted molar refractivity (Wildman–Crippen MR) is 121 cm³/mol. The zero-order chi connectivity index (χ0) is 24.8. The molecule has 0 radical (unpaired) electrons. The Labute approximate surface area is 203 Å². The molecule has 4 saturated carbocycles.